The van der Waals surface area contributed by atoms with Crippen molar-refractivity contribution in [3.8, 4) is 11.8 Å². The molecule has 0 spiro atoms. The van der Waals surface area contributed by atoms with Crippen molar-refractivity contribution in [2.24, 2.45) is 0 Å². The molecule has 1 rings (SSSR count). The number of rotatable bonds is 5. The summed E-state index contributed by atoms with van der Waals surface area (Å²) in [5, 5.41) is 11.6. The zero-order valence-electron chi connectivity index (χ0n) is 12.4. The van der Waals surface area contributed by atoms with E-state index in [4.69, 9.17) is 5.11 Å². The number of amides is 1. The molecule has 1 aromatic rings. The van der Waals surface area contributed by atoms with Gasteiger partial charge in [-0.2, -0.15) is 0 Å². The molecule has 0 radical (unpaired) electrons. The Morgan fingerprint density at radius 1 is 1.40 bits per heavy atom. The highest BCUT2D eigenvalue weighted by Crippen LogP contribution is 2.09. The predicted octanol–water partition coefficient (Wildman–Crippen LogP) is 1.02. The lowest BCUT2D eigenvalue weighted by Crippen LogP contribution is -2.32. The number of nitrogens with one attached hydrogen (secondary N) is 1. The minimum Gasteiger partial charge on any atom is -0.384 e. The first kappa shape index (κ1) is 16.2. The van der Waals surface area contributed by atoms with E-state index in [1.54, 1.807) is 6.07 Å². The average molecular weight is 274 g/mol. The number of nitrogens with zero attached hydrogens (tertiary/aromatic N) is 1. The molecule has 1 amide bonds. The van der Waals surface area contributed by atoms with Gasteiger partial charge in [0.15, 0.2) is 0 Å². The first-order chi connectivity index (χ1) is 9.56. The molecule has 20 heavy (non-hydrogen) atoms. The molecule has 0 bridgehead atoms. The molecule has 0 saturated heterocycles. The van der Waals surface area contributed by atoms with Gasteiger partial charge in [-0.15, -0.1) is 0 Å². The van der Waals surface area contributed by atoms with Gasteiger partial charge in [-0.05, 0) is 44.3 Å². The van der Waals surface area contributed by atoms with E-state index in [9.17, 15) is 4.79 Å². The molecule has 4 heteroatoms. The van der Waals surface area contributed by atoms with Crippen LogP contribution in [0, 0.1) is 18.8 Å². The van der Waals surface area contributed by atoms with E-state index in [-0.39, 0.29) is 12.5 Å². The van der Waals surface area contributed by atoms with Gasteiger partial charge < -0.3 is 15.3 Å². The molecule has 0 aliphatic heterocycles. The lowest BCUT2D eigenvalue weighted by Gasteiger charge is -2.14. The van der Waals surface area contributed by atoms with Gasteiger partial charge in [0.1, 0.15) is 6.61 Å². The third-order valence-corrected chi connectivity index (χ3v) is 2.97. The van der Waals surface area contributed by atoms with Gasteiger partial charge in [-0.25, -0.2) is 0 Å². The second-order valence-electron chi connectivity index (χ2n) is 4.70. The fourth-order valence-corrected chi connectivity index (χ4v) is 1.75. The first-order valence-corrected chi connectivity index (χ1v) is 6.75. The Morgan fingerprint density at radius 3 is 2.80 bits per heavy atom. The summed E-state index contributed by atoms with van der Waals surface area (Å²) in [5.41, 5.74) is 2.33. The first-order valence-electron chi connectivity index (χ1n) is 6.75. The topological polar surface area (TPSA) is 52.6 Å². The molecule has 0 fully saturated rings. The molecule has 0 unspecified atom stereocenters. The van der Waals surface area contributed by atoms with Crippen molar-refractivity contribution in [3.05, 3.63) is 34.9 Å². The lowest BCUT2D eigenvalue weighted by atomic mass is 10.1. The fourth-order valence-electron chi connectivity index (χ4n) is 1.75. The average Bonchev–Trinajstić information content (AvgIpc) is 2.44. The number of carbonyl (C=O) groups excluding carboxylic acids is 1. The minimum absolute atomic E-state index is 0.0924. The van der Waals surface area contributed by atoms with Crippen LogP contribution in [0.3, 0.4) is 0 Å². The van der Waals surface area contributed by atoms with Crippen molar-refractivity contribution in [3.63, 3.8) is 0 Å². The van der Waals surface area contributed by atoms with E-state index in [0.29, 0.717) is 12.1 Å². The van der Waals surface area contributed by atoms with Crippen molar-refractivity contribution >= 4 is 5.91 Å². The van der Waals surface area contributed by atoms with Crippen molar-refractivity contribution in [1.82, 2.24) is 10.2 Å². The highest BCUT2D eigenvalue weighted by molar-refractivity contribution is 5.94. The fraction of sp³-hybridized carbons (Fsp3) is 0.438. The van der Waals surface area contributed by atoms with Crippen LogP contribution in [0.2, 0.25) is 0 Å². The van der Waals surface area contributed by atoms with Crippen LogP contribution in [0.5, 0.6) is 0 Å². The molecule has 0 atom stereocenters. The van der Waals surface area contributed by atoms with E-state index < -0.39 is 0 Å². The third-order valence-electron chi connectivity index (χ3n) is 2.97. The summed E-state index contributed by atoms with van der Waals surface area (Å²) >= 11 is 0. The van der Waals surface area contributed by atoms with Gasteiger partial charge in [0.2, 0.25) is 0 Å². The van der Waals surface area contributed by atoms with E-state index in [2.05, 4.69) is 29.0 Å². The molecule has 108 valence electrons. The largest absolute Gasteiger partial charge is 0.384 e. The summed E-state index contributed by atoms with van der Waals surface area (Å²) in [6.07, 6.45) is 0. The Hall–Kier alpha value is -1.83. The van der Waals surface area contributed by atoms with E-state index >= 15 is 0 Å². The number of aliphatic hydroxyl groups is 1. The van der Waals surface area contributed by atoms with Crippen LogP contribution < -0.4 is 5.32 Å². The zero-order chi connectivity index (χ0) is 15.0. The van der Waals surface area contributed by atoms with E-state index in [1.165, 1.54) is 0 Å². The maximum Gasteiger partial charge on any atom is 0.251 e. The zero-order valence-corrected chi connectivity index (χ0v) is 12.4. The second-order valence-corrected chi connectivity index (χ2v) is 4.70. The Morgan fingerprint density at radius 2 is 2.15 bits per heavy atom. The maximum absolute atomic E-state index is 12.1. The standard InChI is InChI=1S/C16H22N2O2/c1-4-18(3)8-7-17-16(20)15-11-13(2)10-14(12-15)6-5-9-19/h10-12,19H,4,7-9H2,1-3H3,(H,17,20). The monoisotopic (exact) mass is 274 g/mol. The molecule has 0 aliphatic carbocycles. The molecule has 1 aromatic carbocycles. The van der Waals surface area contributed by atoms with Gasteiger partial charge in [0.25, 0.3) is 5.91 Å². The molecular weight excluding hydrogens is 252 g/mol. The molecule has 4 nitrogen and oxygen atoms in total. The van der Waals surface area contributed by atoms with Crippen LogP contribution in [0.25, 0.3) is 0 Å². The Bertz CT molecular complexity index is 515. The van der Waals surface area contributed by atoms with E-state index in [0.717, 1.165) is 24.2 Å². The molecular formula is C16H22N2O2. The van der Waals surface area contributed by atoms with Crippen molar-refractivity contribution in [2.45, 2.75) is 13.8 Å². The van der Waals surface area contributed by atoms with Crippen molar-refractivity contribution < 1.29 is 9.90 Å². The van der Waals surface area contributed by atoms with Gasteiger partial charge in [-0.3, -0.25) is 4.79 Å². The Kier molecular flexibility index (Phi) is 6.78. The van der Waals surface area contributed by atoms with Gasteiger partial charge in [-0.1, -0.05) is 18.8 Å². The number of likely N-dealkylation sites (N-methyl/N-ethyl adjacent to an activating group) is 1. The van der Waals surface area contributed by atoms with Gasteiger partial charge in [0.05, 0.1) is 0 Å². The van der Waals surface area contributed by atoms with Crippen LogP contribution in [0.15, 0.2) is 18.2 Å². The highest BCUT2D eigenvalue weighted by atomic mass is 16.2. The van der Waals surface area contributed by atoms with Crippen molar-refractivity contribution in [2.75, 3.05) is 33.3 Å². The number of hydrogen-bond donors (Lipinski definition) is 2. The van der Waals surface area contributed by atoms with Crippen LogP contribution in [0.4, 0.5) is 0 Å². The Labute approximate surface area is 120 Å². The number of aliphatic hydroxyl groups excluding tert-OH is 1. The summed E-state index contributed by atoms with van der Waals surface area (Å²) in [6.45, 7) is 6.22. The third kappa shape index (κ3) is 5.43. The van der Waals surface area contributed by atoms with Gasteiger partial charge >= 0.3 is 0 Å². The molecule has 0 aliphatic rings. The number of hydrogen-bond acceptors (Lipinski definition) is 3. The van der Waals surface area contributed by atoms with Crippen LogP contribution >= 0.6 is 0 Å². The lowest BCUT2D eigenvalue weighted by molar-refractivity contribution is 0.0950. The summed E-state index contributed by atoms with van der Waals surface area (Å²) < 4.78 is 0. The summed E-state index contributed by atoms with van der Waals surface area (Å²) in [5.74, 6) is 5.32. The number of benzene rings is 1. The van der Waals surface area contributed by atoms with Gasteiger partial charge in [0, 0.05) is 24.2 Å². The minimum atomic E-state index is -0.182. The molecule has 0 heterocycles. The van der Waals surface area contributed by atoms with Crippen LogP contribution in [-0.2, 0) is 0 Å². The van der Waals surface area contributed by atoms with E-state index in [1.807, 2.05) is 26.1 Å². The quantitative estimate of drug-likeness (QED) is 0.788. The molecule has 2 N–H and O–H groups in total. The van der Waals surface area contributed by atoms with Crippen LogP contribution in [-0.4, -0.2) is 49.2 Å². The second kappa shape index (κ2) is 8.36. The molecule has 0 saturated carbocycles. The Balaban J connectivity index is 2.70. The smallest absolute Gasteiger partial charge is 0.251 e. The van der Waals surface area contributed by atoms with Crippen molar-refractivity contribution in [1.29, 1.82) is 0 Å². The number of carbonyl (C=O) groups is 1. The summed E-state index contributed by atoms with van der Waals surface area (Å²) in [4.78, 5) is 14.2. The molecule has 0 aromatic heterocycles. The summed E-state index contributed by atoms with van der Waals surface area (Å²) in [7, 11) is 2.02. The van der Waals surface area contributed by atoms with Crippen LogP contribution in [0.1, 0.15) is 28.4 Å². The summed E-state index contributed by atoms with van der Waals surface area (Å²) in [6, 6.07) is 5.47. The number of aryl methyl sites for hydroxylation is 1. The highest BCUT2D eigenvalue weighted by Gasteiger charge is 2.07. The predicted molar refractivity (Wildman–Crippen MR) is 80.6 cm³/mol. The SMILES string of the molecule is CCN(C)CCNC(=O)c1cc(C)cc(C#CCO)c1. The maximum atomic E-state index is 12.1. The normalized spacial score (nSPS) is 10.1.